The molecule has 7 atom stereocenters. The van der Waals surface area contributed by atoms with Crippen molar-refractivity contribution in [1.29, 1.82) is 0 Å². The third kappa shape index (κ3) is 7.22. The molecule has 1 aliphatic carbocycles. The average molecular weight is 604 g/mol. The second-order valence-corrected chi connectivity index (χ2v) is 14.2. The fourth-order valence-corrected chi connectivity index (χ4v) is 8.73. The van der Waals surface area contributed by atoms with Gasteiger partial charge in [-0.25, -0.2) is 13.4 Å². The number of methoxy groups -OCH3 is 1. The Balaban J connectivity index is 1.27. The summed E-state index contributed by atoms with van der Waals surface area (Å²) in [7, 11) is -1.66. The van der Waals surface area contributed by atoms with Crippen LogP contribution in [-0.2, 0) is 14.8 Å². The standard InChI is InChI=1S/C30H42ClN5O4S/c1-40-27-15-11-22(17-34-27)28(21-8-12-23(31)13-9-21)29(32)30(37)35-26-7-3-2-5-20(26)10-14-25-18-33-24-6-4-16-41(38,39)36(25)19-24/h8-9,11-13,15,17,20,24-26,28-29,33H,2-7,10,14,16,18-19,32H2,1H3,(H,35,37)/t20-,24-,25+,26+,28+,29+/m1/s1. The van der Waals surface area contributed by atoms with Gasteiger partial charge in [-0.1, -0.05) is 42.6 Å². The number of rotatable bonds is 9. The van der Waals surface area contributed by atoms with Crippen molar-refractivity contribution < 1.29 is 17.9 Å². The van der Waals surface area contributed by atoms with Crippen LogP contribution in [0.5, 0.6) is 5.88 Å². The normalized spacial score (nSPS) is 29.1. The molecule has 1 saturated carbocycles. The largest absolute Gasteiger partial charge is 0.481 e. The zero-order chi connectivity index (χ0) is 29.0. The minimum Gasteiger partial charge on any atom is -0.481 e. The molecule has 3 fully saturated rings. The van der Waals surface area contributed by atoms with Gasteiger partial charge in [0.05, 0.1) is 18.9 Å². The summed E-state index contributed by atoms with van der Waals surface area (Å²) in [6, 6.07) is 10.4. The number of amides is 1. The summed E-state index contributed by atoms with van der Waals surface area (Å²) in [5.74, 6) is 0.393. The number of ether oxygens (including phenoxy) is 1. The van der Waals surface area contributed by atoms with Gasteiger partial charge in [0.25, 0.3) is 0 Å². The molecule has 5 rings (SSSR count). The lowest BCUT2D eigenvalue weighted by Gasteiger charge is -2.39. The van der Waals surface area contributed by atoms with Crippen LogP contribution in [0, 0.1) is 5.92 Å². The van der Waals surface area contributed by atoms with Gasteiger partial charge in [0.2, 0.25) is 21.8 Å². The summed E-state index contributed by atoms with van der Waals surface area (Å²) in [5, 5.41) is 7.47. The van der Waals surface area contributed by atoms with Gasteiger partial charge in [-0.2, -0.15) is 4.31 Å². The predicted octanol–water partition coefficient (Wildman–Crippen LogP) is 3.42. The highest BCUT2D eigenvalue weighted by molar-refractivity contribution is 7.89. The zero-order valence-corrected chi connectivity index (χ0v) is 25.2. The first-order valence-electron chi connectivity index (χ1n) is 14.8. The Morgan fingerprint density at radius 3 is 2.61 bits per heavy atom. The maximum absolute atomic E-state index is 13.7. The Kier molecular flexibility index (Phi) is 9.86. The van der Waals surface area contributed by atoms with Crippen LogP contribution in [0.1, 0.15) is 68.4 Å². The molecular formula is C30H42ClN5O4S. The van der Waals surface area contributed by atoms with E-state index in [4.69, 9.17) is 22.1 Å². The minimum atomic E-state index is -3.22. The number of hydrogen-bond acceptors (Lipinski definition) is 7. The molecule has 9 nitrogen and oxygen atoms in total. The quantitative estimate of drug-likeness (QED) is 0.401. The van der Waals surface area contributed by atoms with Gasteiger partial charge in [0.1, 0.15) is 0 Å². The van der Waals surface area contributed by atoms with Gasteiger partial charge in [0, 0.05) is 54.4 Å². The lowest BCUT2D eigenvalue weighted by molar-refractivity contribution is -0.124. The summed E-state index contributed by atoms with van der Waals surface area (Å²) in [6.45, 7) is 1.26. The van der Waals surface area contributed by atoms with Crippen LogP contribution in [0.2, 0.25) is 5.02 Å². The van der Waals surface area contributed by atoms with Gasteiger partial charge in [-0.15, -0.1) is 0 Å². The molecule has 2 aromatic rings. The highest BCUT2D eigenvalue weighted by atomic mass is 35.5. The maximum Gasteiger partial charge on any atom is 0.238 e. The van der Waals surface area contributed by atoms with Crippen molar-refractivity contribution >= 4 is 27.5 Å². The number of benzene rings is 1. The number of aromatic nitrogens is 1. The minimum absolute atomic E-state index is 0.00667. The number of fused-ring (bicyclic) bond motifs is 2. The highest BCUT2D eigenvalue weighted by Gasteiger charge is 2.39. The average Bonchev–Trinajstić information content (AvgIpc) is 3.09. The number of carbonyl (C=O) groups is 1. The van der Waals surface area contributed by atoms with Crippen LogP contribution in [0.15, 0.2) is 42.6 Å². The molecule has 224 valence electrons. The van der Waals surface area contributed by atoms with Crippen LogP contribution in [0.3, 0.4) is 0 Å². The second kappa shape index (κ2) is 13.4. The monoisotopic (exact) mass is 603 g/mol. The Hall–Kier alpha value is -2.24. The molecular weight excluding hydrogens is 562 g/mol. The first-order chi connectivity index (χ1) is 19.7. The molecule has 2 bridgehead atoms. The molecule has 1 aromatic carbocycles. The Labute approximate surface area is 248 Å². The number of nitrogens with zero attached hydrogens (tertiary/aromatic N) is 2. The number of piperazine rings is 1. The van der Waals surface area contributed by atoms with Gasteiger partial charge in [0.15, 0.2) is 0 Å². The van der Waals surface area contributed by atoms with Crippen LogP contribution in [0.4, 0.5) is 0 Å². The smallest absolute Gasteiger partial charge is 0.238 e. The van der Waals surface area contributed by atoms with Gasteiger partial charge >= 0.3 is 0 Å². The molecule has 11 heteroatoms. The second-order valence-electron chi connectivity index (χ2n) is 11.7. The van der Waals surface area contributed by atoms with Crippen molar-refractivity contribution in [2.24, 2.45) is 11.7 Å². The first kappa shape index (κ1) is 30.2. The number of nitrogens with one attached hydrogen (secondary N) is 2. The summed E-state index contributed by atoms with van der Waals surface area (Å²) < 4.78 is 32.8. The zero-order valence-electron chi connectivity index (χ0n) is 23.7. The van der Waals surface area contributed by atoms with Crippen molar-refractivity contribution in [1.82, 2.24) is 19.9 Å². The van der Waals surface area contributed by atoms with Crippen molar-refractivity contribution in [3.8, 4) is 5.88 Å². The molecule has 41 heavy (non-hydrogen) atoms. The van der Waals surface area contributed by atoms with E-state index in [1.54, 1.807) is 35.8 Å². The Morgan fingerprint density at radius 1 is 1.12 bits per heavy atom. The van der Waals surface area contributed by atoms with E-state index in [0.29, 0.717) is 30.4 Å². The number of sulfonamides is 1. The van der Waals surface area contributed by atoms with Gasteiger partial charge in [-0.05, 0) is 67.7 Å². The van der Waals surface area contributed by atoms with Crippen LogP contribution in [0.25, 0.3) is 0 Å². The van der Waals surface area contributed by atoms with Crippen LogP contribution < -0.4 is 21.1 Å². The van der Waals surface area contributed by atoms with Crippen molar-refractivity contribution in [3.63, 3.8) is 0 Å². The van der Waals surface area contributed by atoms with E-state index in [0.717, 1.165) is 56.1 Å². The van der Waals surface area contributed by atoms with Crippen LogP contribution in [-0.4, -0.2) is 73.7 Å². The van der Waals surface area contributed by atoms with Gasteiger partial charge < -0.3 is 21.1 Å². The van der Waals surface area contributed by atoms with E-state index in [2.05, 4.69) is 15.6 Å². The highest BCUT2D eigenvalue weighted by Crippen LogP contribution is 2.33. The topological polar surface area (TPSA) is 127 Å². The first-order valence-corrected chi connectivity index (χ1v) is 16.8. The number of hydrogen-bond donors (Lipinski definition) is 3. The number of pyridine rings is 1. The molecule has 2 aliphatic heterocycles. The molecule has 0 radical (unpaired) electrons. The number of carbonyl (C=O) groups excluding carboxylic acids is 1. The van der Waals surface area contributed by atoms with E-state index >= 15 is 0 Å². The molecule has 1 unspecified atom stereocenters. The maximum atomic E-state index is 13.7. The van der Waals surface area contributed by atoms with E-state index < -0.39 is 22.0 Å². The Morgan fingerprint density at radius 2 is 1.88 bits per heavy atom. The van der Waals surface area contributed by atoms with Crippen LogP contribution >= 0.6 is 11.6 Å². The van der Waals surface area contributed by atoms with Crippen molar-refractivity contribution in [2.75, 3.05) is 26.0 Å². The molecule has 1 aromatic heterocycles. The summed E-state index contributed by atoms with van der Waals surface area (Å²) in [6.07, 6.45) is 9.04. The molecule has 3 aliphatic rings. The summed E-state index contributed by atoms with van der Waals surface area (Å²) in [5.41, 5.74) is 8.40. The summed E-state index contributed by atoms with van der Waals surface area (Å²) in [4.78, 5) is 18.1. The molecule has 3 heterocycles. The molecule has 1 amide bonds. The number of halogens is 1. The lowest BCUT2D eigenvalue weighted by atomic mass is 9.80. The lowest BCUT2D eigenvalue weighted by Crippen LogP contribution is -2.57. The molecule has 2 saturated heterocycles. The van der Waals surface area contributed by atoms with Crippen molar-refractivity contribution in [2.45, 2.75) is 81.5 Å². The third-order valence-corrected chi connectivity index (χ3v) is 11.3. The third-order valence-electron chi connectivity index (χ3n) is 9.09. The fraction of sp³-hybridized carbons (Fsp3) is 0.600. The molecule has 4 N–H and O–H groups in total. The van der Waals surface area contributed by atoms with E-state index in [1.807, 2.05) is 18.2 Å². The van der Waals surface area contributed by atoms with E-state index in [1.165, 1.54) is 0 Å². The van der Waals surface area contributed by atoms with E-state index in [9.17, 15) is 13.2 Å². The SMILES string of the molecule is COc1ccc([C@H](c2ccc(Cl)cc2)[C@H](N)C(=O)N[C@H]2CCCC[C@@H]2CC[C@H]2CN[C@@H]3CCCS(=O)(=O)N2C3)cn1. The molecule has 0 spiro atoms. The predicted molar refractivity (Wildman–Crippen MR) is 160 cm³/mol. The van der Waals surface area contributed by atoms with E-state index in [-0.39, 0.29) is 35.7 Å². The fourth-order valence-electron chi connectivity index (χ4n) is 6.80. The number of nitrogens with two attached hydrogens (primary N) is 1. The summed E-state index contributed by atoms with van der Waals surface area (Å²) >= 11 is 6.15. The van der Waals surface area contributed by atoms with Gasteiger partial charge in [-0.3, -0.25) is 4.79 Å². The Bertz CT molecular complexity index is 1280. The van der Waals surface area contributed by atoms with Crippen molar-refractivity contribution in [3.05, 3.63) is 58.7 Å².